The maximum absolute atomic E-state index is 10.8. The van der Waals surface area contributed by atoms with E-state index in [1.807, 2.05) is 0 Å². The Balaban J connectivity index is 2.08. The number of carboxylic acid groups (broad SMARTS) is 1. The monoisotopic (exact) mass is 264 g/mol. The highest BCUT2D eigenvalue weighted by molar-refractivity contribution is 5.92. The molecule has 0 saturated carbocycles. The topological polar surface area (TPSA) is 120 Å². The van der Waals surface area contributed by atoms with Crippen molar-refractivity contribution in [3.8, 4) is 0 Å². The highest BCUT2D eigenvalue weighted by Gasteiger charge is 2.08. The molecule has 2 rings (SSSR count). The normalized spacial score (nSPS) is 10.7. The zero-order valence-electron chi connectivity index (χ0n) is 9.94. The van der Waals surface area contributed by atoms with Crippen molar-refractivity contribution in [3.63, 3.8) is 0 Å². The van der Waals surface area contributed by atoms with Crippen molar-refractivity contribution >= 4 is 22.9 Å². The van der Waals surface area contributed by atoms with Gasteiger partial charge in [0.25, 0.3) is 0 Å². The third kappa shape index (κ3) is 3.05. The first-order valence-electron chi connectivity index (χ1n) is 5.50. The molecule has 0 spiro atoms. The van der Waals surface area contributed by atoms with E-state index in [1.54, 1.807) is 10.7 Å². The molecule has 0 aliphatic carbocycles. The average molecular weight is 264 g/mol. The Morgan fingerprint density at radius 3 is 2.89 bits per heavy atom. The molecular weight excluding hydrogens is 252 g/mol. The molecule has 0 unspecified atom stereocenters. The highest BCUT2D eigenvalue weighted by Crippen LogP contribution is 2.13. The first-order valence-corrected chi connectivity index (χ1v) is 5.50. The Morgan fingerprint density at radius 1 is 1.42 bits per heavy atom. The molecule has 1 amide bonds. The Morgan fingerprint density at radius 2 is 2.21 bits per heavy atom. The number of fused-ring (bicyclic) bond motifs is 1. The summed E-state index contributed by atoms with van der Waals surface area (Å²) in [7, 11) is 0. The standard InChI is InChI=1S/C11H12N4O4/c12-10(16)6-19-4-3-15-9-2-1-7(11(17)18)5-8(9)13-14-15/h1-2,5H,3-4,6H2,(H2,12,16)(H,17,18). The van der Waals surface area contributed by atoms with Gasteiger partial charge in [-0.2, -0.15) is 0 Å². The van der Waals surface area contributed by atoms with E-state index in [1.165, 1.54) is 12.1 Å². The fourth-order valence-electron chi connectivity index (χ4n) is 1.59. The minimum atomic E-state index is -1.01. The third-order valence-electron chi connectivity index (χ3n) is 2.45. The van der Waals surface area contributed by atoms with Crippen LogP contribution in [0.3, 0.4) is 0 Å². The van der Waals surface area contributed by atoms with Crippen molar-refractivity contribution < 1.29 is 19.4 Å². The van der Waals surface area contributed by atoms with Gasteiger partial charge in [0.1, 0.15) is 12.1 Å². The number of nitrogens with two attached hydrogens (primary N) is 1. The molecule has 0 saturated heterocycles. The summed E-state index contributed by atoms with van der Waals surface area (Å²) in [6.45, 7) is 0.522. The molecule has 8 heteroatoms. The fraction of sp³-hybridized carbons (Fsp3) is 0.273. The third-order valence-corrected chi connectivity index (χ3v) is 2.45. The number of benzene rings is 1. The lowest BCUT2D eigenvalue weighted by Crippen LogP contribution is -2.19. The van der Waals surface area contributed by atoms with Crippen LogP contribution in [0.15, 0.2) is 18.2 Å². The number of hydrogen-bond donors (Lipinski definition) is 2. The molecule has 0 fully saturated rings. The van der Waals surface area contributed by atoms with Crippen LogP contribution < -0.4 is 5.73 Å². The minimum absolute atomic E-state index is 0.143. The molecule has 0 aliphatic heterocycles. The van der Waals surface area contributed by atoms with E-state index in [9.17, 15) is 9.59 Å². The predicted octanol–water partition coefficient (Wildman–Crippen LogP) is -0.369. The van der Waals surface area contributed by atoms with Gasteiger partial charge in [-0.1, -0.05) is 5.21 Å². The number of nitrogens with zero attached hydrogens (tertiary/aromatic N) is 3. The minimum Gasteiger partial charge on any atom is -0.478 e. The summed E-state index contributed by atoms with van der Waals surface area (Å²) in [5, 5.41) is 16.6. The molecule has 0 radical (unpaired) electrons. The average Bonchev–Trinajstić information content (AvgIpc) is 2.76. The van der Waals surface area contributed by atoms with E-state index in [-0.39, 0.29) is 18.8 Å². The number of ether oxygens (including phenoxy) is 1. The highest BCUT2D eigenvalue weighted by atomic mass is 16.5. The van der Waals surface area contributed by atoms with Crippen LogP contribution in [0.1, 0.15) is 10.4 Å². The van der Waals surface area contributed by atoms with Gasteiger partial charge in [-0.3, -0.25) is 4.79 Å². The van der Waals surface area contributed by atoms with E-state index in [2.05, 4.69) is 10.3 Å². The number of primary amides is 1. The fourth-order valence-corrected chi connectivity index (χ4v) is 1.59. The predicted molar refractivity (Wildman–Crippen MR) is 64.5 cm³/mol. The summed E-state index contributed by atoms with van der Waals surface area (Å²) < 4.78 is 6.59. The number of carboxylic acids is 1. The van der Waals surface area contributed by atoms with Crippen molar-refractivity contribution in [1.29, 1.82) is 0 Å². The summed E-state index contributed by atoms with van der Waals surface area (Å²) in [4.78, 5) is 21.3. The largest absolute Gasteiger partial charge is 0.478 e. The van der Waals surface area contributed by atoms with Crippen LogP contribution in [0, 0.1) is 0 Å². The van der Waals surface area contributed by atoms with Crippen LogP contribution in [-0.2, 0) is 16.1 Å². The van der Waals surface area contributed by atoms with Crippen molar-refractivity contribution in [2.24, 2.45) is 5.73 Å². The van der Waals surface area contributed by atoms with Crippen LogP contribution in [-0.4, -0.2) is 45.2 Å². The van der Waals surface area contributed by atoms with E-state index >= 15 is 0 Å². The zero-order chi connectivity index (χ0) is 13.8. The summed E-state index contributed by atoms with van der Waals surface area (Å²) >= 11 is 0. The van der Waals surface area contributed by atoms with Gasteiger partial charge in [-0.05, 0) is 18.2 Å². The smallest absolute Gasteiger partial charge is 0.335 e. The molecule has 0 aliphatic rings. The molecule has 19 heavy (non-hydrogen) atoms. The number of rotatable bonds is 6. The van der Waals surface area contributed by atoms with Crippen molar-refractivity contribution in [3.05, 3.63) is 23.8 Å². The van der Waals surface area contributed by atoms with Gasteiger partial charge in [0.2, 0.25) is 5.91 Å². The SMILES string of the molecule is NC(=O)COCCn1nnc2cc(C(=O)O)ccc21. The second-order valence-electron chi connectivity index (χ2n) is 3.84. The van der Waals surface area contributed by atoms with Gasteiger partial charge < -0.3 is 15.6 Å². The van der Waals surface area contributed by atoms with Gasteiger partial charge in [0, 0.05) is 0 Å². The van der Waals surface area contributed by atoms with Crippen LogP contribution in [0.4, 0.5) is 0 Å². The van der Waals surface area contributed by atoms with E-state index in [0.29, 0.717) is 17.6 Å². The summed E-state index contributed by atoms with van der Waals surface area (Å²) in [6, 6.07) is 4.56. The lowest BCUT2D eigenvalue weighted by atomic mass is 10.2. The first kappa shape index (κ1) is 13.0. The second-order valence-corrected chi connectivity index (χ2v) is 3.84. The lowest BCUT2D eigenvalue weighted by Gasteiger charge is -2.03. The molecular formula is C11H12N4O4. The summed E-state index contributed by atoms with van der Waals surface area (Å²) in [5.74, 6) is -1.55. The van der Waals surface area contributed by atoms with Gasteiger partial charge in [0.05, 0.1) is 24.2 Å². The molecule has 0 atom stereocenters. The van der Waals surface area contributed by atoms with E-state index in [0.717, 1.165) is 0 Å². The van der Waals surface area contributed by atoms with Gasteiger partial charge in [-0.15, -0.1) is 5.10 Å². The number of carbonyl (C=O) groups is 2. The molecule has 100 valence electrons. The lowest BCUT2D eigenvalue weighted by molar-refractivity contribution is -0.122. The first-order chi connectivity index (χ1) is 9.08. The Kier molecular flexibility index (Phi) is 3.71. The number of aromatic nitrogens is 3. The summed E-state index contributed by atoms with van der Waals surface area (Å²) in [6.07, 6.45) is 0. The molecule has 2 aromatic rings. The van der Waals surface area contributed by atoms with Gasteiger partial charge in [-0.25, -0.2) is 9.48 Å². The quantitative estimate of drug-likeness (QED) is 0.687. The van der Waals surface area contributed by atoms with Gasteiger partial charge in [0.15, 0.2) is 0 Å². The molecule has 8 nitrogen and oxygen atoms in total. The zero-order valence-corrected chi connectivity index (χ0v) is 9.94. The number of hydrogen-bond acceptors (Lipinski definition) is 5. The molecule has 1 aromatic heterocycles. The number of aromatic carboxylic acids is 1. The maximum Gasteiger partial charge on any atom is 0.335 e. The van der Waals surface area contributed by atoms with Crippen molar-refractivity contribution in [2.75, 3.05) is 13.2 Å². The summed E-state index contributed by atoms with van der Waals surface area (Å²) in [5.41, 5.74) is 6.29. The molecule has 1 heterocycles. The molecule has 1 aromatic carbocycles. The van der Waals surface area contributed by atoms with E-state index < -0.39 is 11.9 Å². The number of carbonyl (C=O) groups excluding carboxylic acids is 1. The Labute approximate surface area is 107 Å². The molecule has 0 bridgehead atoms. The van der Waals surface area contributed by atoms with Crippen LogP contribution >= 0.6 is 0 Å². The van der Waals surface area contributed by atoms with Crippen LogP contribution in [0.2, 0.25) is 0 Å². The van der Waals surface area contributed by atoms with Crippen LogP contribution in [0.5, 0.6) is 0 Å². The van der Waals surface area contributed by atoms with Crippen LogP contribution in [0.25, 0.3) is 11.0 Å². The Bertz CT molecular complexity index is 622. The maximum atomic E-state index is 10.8. The van der Waals surface area contributed by atoms with Crippen molar-refractivity contribution in [2.45, 2.75) is 6.54 Å². The second kappa shape index (κ2) is 5.44. The van der Waals surface area contributed by atoms with E-state index in [4.69, 9.17) is 15.6 Å². The van der Waals surface area contributed by atoms with Crippen molar-refractivity contribution in [1.82, 2.24) is 15.0 Å². The number of amides is 1. The Hall–Kier alpha value is -2.48. The molecule has 3 N–H and O–H groups in total. The van der Waals surface area contributed by atoms with Gasteiger partial charge >= 0.3 is 5.97 Å².